The third-order valence-corrected chi connectivity index (χ3v) is 3.99. The third-order valence-electron chi connectivity index (χ3n) is 3.99. The minimum Gasteiger partial charge on any atom is -0.481 e. The van der Waals surface area contributed by atoms with E-state index in [1.54, 1.807) is 21.0 Å². The number of urea groups is 1. The Morgan fingerprint density at radius 2 is 2.11 bits per heavy atom. The maximum absolute atomic E-state index is 11.7. The number of amides is 2. The van der Waals surface area contributed by atoms with Gasteiger partial charge in [0, 0.05) is 19.7 Å². The van der Waals surface area contributed by atoms with Gasteiger partial charge in [-0.25, -0.2) is 4.79 Å². The van der Waals surface area contributed by atoms with Crippen LogP contribution in [0.3, 0.4) is 0 Å². The second kappa shape index (κ2) is 6.75. The van der Waals surface area contributed by atoms with Gasteiger partial charge in [0.05, 0.1) is 11.5 Å². The lowest BCUT2D eigenvalue weighted by molar-refractivity contribution is -0.147. The molecule has 0 aliphatic heterocycles. The van der Waals surface area contributed by atoms with Crippen molar-refractivity contribution in [3.63, 3.8) is 0 Å². The number of aliphatic carboxylic acids is 1. The molecular formula is C13H24N2O4. The molecule has 1 fully saturated rings. The van der Waals surface area contributed by atoms with Gasteiger partial charge in [0.15, 0.2) is 0 Å². The van der Waals surface area contributed by atoms with Crippen molar-refractivity contribution in [2.75, 3.05) is 13.7 Å². The number of rotatable bonds is 6. The van der Waals surface area contributed by atoms with Gasteiger partial charge < -0.3 is 20.5 Å². The van der Waals surface area contributed by atoms with E-state index in [1.165, 1.54) is 0 Å². The van der Waals surface area contributed by atoms with Gasteiger partial charge in [0.2, 0.25) is 0 Å². The minimum absolute atomic E-state index is 0.114. The highest BCUT2D eigenvalue weighted by molar-refractivity contribution is 5.77. The van der Waals surface area contributed by atoms with Crippen molar-refractivity contribution < 1.29 is 19.4 Å². The largest absolute Gasteiger partial charge is 0.481 e. The van der Waals surface area contributed by atoms with E-state index >= 15 is 0 Å². The molecule has 6 nitrogen and oxygen atoms in total. The summed E-state index contributed by atoms with van der Waals surface area (Å²) in [5.41, 5.74) is -0.915. The van der Waals surface area contributed by atoms with Gasteiger partial charge in [-0.05, 0) is 32.6 Å². The van der Waals surface area contributed by atoms with Crippen molar-refractivity contribution in [3.05, 3.63) is 0 Å². The normalized spacial score (nSPS) is 25.6. The molecule has 3 atom stereocenters. The molecule has 1 saturated carbocycles. The van der Waals surface area contributed by atoms with Gasteiger partial charge in [-0.3, -0.25) is 4.79 Å². The second-order valence-electron chi connectivity index (χ2n) is 5.41. The average molecular weight is 272 g/mol. The average Bonchev–Trinajstić information content (AvgIpc) is 2.83. The molecule has 0 heterocycles. The van der Waals surface area contributed by atoms with Crippen LogP contribution in [0, 0.1) is 5.41 Å². The number of ether oxygens (including phenoxy) is 1. The van der Waals surface area contributed by atoms with Crippen LogP contribution < -0.4 is 10.6 Å². The predicted molar refractivity (Wildman–Crippen MR) is 71.0 cm³/mol. The number of methoxy groups -OCH3 is 1. The molecule has 0 spiro atoms. The topological polar surface area (TPSA) is 87.7 Å². The zero-order chi connectivity index (χ0) is 14.5. The number of carbonyl (C=O) groups excluding carboxylic acids is 1. The minimum atomic E-state index is -0.915. The van der Waals surface area contributed by atoms with E-state index in [4.69, 9.17) is 9.84 Å². The fourth-order valence-corrected chi connectivity index (χ4v) is 2.15. The maximum atomic E-state index is 11.7. The van der Waals surface area contributed by atoms with Crippen LogP contribution in [-0.2, 0) is 9.53 Å². The lowest BCUT2D eigenvalue weighted by Crippen LogP contribution is -2.47. The summed E-state index contributed by atoms with van der Waals surface area (Å²) in [6.45, 7) is 3.56. The van der Waals surface area contributed by atoms with Crippen molar-refractivity contribution in [1.82, 2.24) is 10.6 Å². The van der Waals surface area contributed by atoms with Crippen molar-refractivity contribution in [2.24, 2.45) is 5.41 Å². The standard InChI is InChI=1S/C13H24N2O4/c1-4-13(2,11(16)17)8-14-12(18)15-9-5-6-10(7-9)19-3/h9-10H,4-8H2,1-3H3,(H,16,17)(H2,14,15,18). The summed E-state index contributed by atoms with van der Waals surface area (Å²) >= 11 is 0. The molecule has 0 bridgehead atoms. The van der Waals surface area contributed by atoms with Crippen LogP contribution in [0.25, 0.3) is 0 Å². The van der Waals surface area contributed by atoms with Crippen LogP contribution >= 0.6 is 0 Å². The first-order valence-electron chi connectivity index (χ1n) is 6.72. The number of carbonyl (C=O) groups is 2. The molecule has 1 rings (SSSR count). The Hall–Kier alpha value is -1.30. The van der Waals surface area contributed by atoms with Crippen LogP contribution in [0.2, 0.25) is 0 Å². The van der Waals surface area contributed by atoms with E-state index < -0.39 is 11.4 Å². The smallest absolute Gasteiger partial charge is 0.315 e. The summed E-state index contributed by atoms with van der Waals surface area (Å²) in [6, 6.07) is -0.190. The number of carboxylic acids is 1. The zero-order valence-corrected chi connectivity index (χ0v) is 11.9. The Morgan fingerprint density at radius 3 is 2.58 bits per heavy atom. The first kappa shape index (κ1) is 15.8. The molecule has 0 aromatic carbocycles. The third kappa shape index (κ3) is 4.38. The van der Waals surface area contributed by atoms with Crippen LogP contribution in [0.15, 0.2) is 0 Å². The summed E-state index contributed by atoms with van der Waals surface area (Å²) in [7, 11) is 1.67. The van der Waals surface area contributed by atoms with E-state index in [9.17, 15) is 9.59 Å². The van der Waals surface area contributed by atoms with Crippen LogP contribution in [0.1, 0.15) is 39.5 Å². The molecule has 6 heteroatoms. The molecule has 19 heavy (non-hydrogen) atoms. The number of carboxylic acid groups (broad SMARTS) is 1. The Morgan fingerprint density at radius 1 is 1.42 bits per heavy atom. The molecule has 1 aliphatic rings. The predicted octanol–water partition coefficient (Wildman–Crippen LogP) is 1.35. The second-order valence-corrected chi connectivity index (χ2v) is 5.41. The van der Waals surface area contributed by atoms with Crippen LogP contribution in [0.4, 0.5) is 4.79 Å². The first-order chi connectivity index (χ1) is 8.91. The highest BCUT2D eigenvalue weighted by Crippen LogP contribution is 2.22. The molecule has 0 aromatic rings. The fraction of sp³-hybridized carbons (Fsp3) is 0.846. The zero-order valence-electron chi connectivity index (χ0n) is 11.9. The van der Waals surface area contributed by atoms with Crippen LogP contribution in [-0.4, -0.2) is 42.9 Å². The SMILES string of the molecule is CCC(C)(CNC(=O)NC1CCC(OC)C1)C(=O)O. The summed E-state index contributed by atoms with van der Waals surface area (Å²) in [5.74, 6) is -0.893. The first-order valence-corrected chi connectivity index (χ1v) is 6.72. The molecule has 0 aromatic heterocycles. The summed E-state index contributed by atoms with van der Waals surface area (Å²) < 4.78 is 5.24. The molecule has 1 aliphatic carbocycles. The molecule has 0 saturated heterocycles. The van der Waals surface area contributed by atoms with Crippen LogP contribution in [0.5, 0.6) is 0 Å². The number of hydrogen-bond donors (Lipinski definition) is 3. The van der Waals surface area contributed by atoms with Crippen molar-refractivity contribution >= 4 is 12.0 Å². The molecule has 3 N–H and O–H groups in total. The van der Waals surface area contributed by atoms with E-state index in [0.717, 1.165) is 19.3 Å². The van der Waals surface area contributed by atoms with Gasteiger partial charge in [0.1, 0.15) is 0 Å². The molecule has 0 radical (unpaired) electrons. The van der Waals surface area contributed by atoms with Gasteiger partial charge in [-0.15, -0.1) is 0 Å². The van der Waals surface area contributed by atoms with Gasteiger partial charge in [-0.1, -0.05) is 6.92 Å². The highest BCUT2D eigenvalue weighted by Gasteiger charge is 2.32. The number of hydrogen-bond acceptors (Lipinski definition) is 3. The molecule has 110 valence electrons. The van der Waals surface area contributed by atoms with E-state index in [1.807, 2.05) is 0 Å². The Balaban J connectivity index is 2.34. The van der Waals surface area contributed by atoms with Gasteiger partial charge in [0.25, 0.3) is 0 Å². The van der Waals surface area contributed by atoms with Gasteiger partial charge >= 0.3 is 12.0 Å². The Kier molecular flexibility index (Phi) is 5.60. The fourth-order valence-electron chi connectivity index (χ4n) is 2.15. The van der Waals surface area contributed by atoms with Gasteiger partial charge in [-0.2, -0.15) is 0 Å². The maximum Gasteiger partial charge on any atom is 0.315 e. The summed E-state index contributed by atoms with van der Waals surface area (Å²) in [6.07, 6.45) is 3.34. The van der Waals surface area contributed by atoms with E-state index in [2.05, 4.69) is 10.6 Å². The highest BCUT2D eigenvalue weighted by atomic mass is 16.5. The van der Waals surface area contributed by atoms with Crippen molar-refractivity contribution in [1.29, 1.82) is 0 Å². The van der Waals surface area contributed by atoms with E-state index in [-0.39, 0.29) is 24.7 Å². The lowest BCUT2D eigenvalue weighted by atomic mass is 9.88. The summed E-state index contributed by atoms with van der Waals surface area (Å²) in [5, 5.41) is 14.6. The Bertz CT molecular complexity index is 335. The monoisotopic (exact) mass is 272 g/mol. The quantitative estimate of drug-likeness (QED) is 0.681. The van der Waals surface area contributed by atoms with Crippen molar-refractivity contribution in [3.8, 4) is 0 Å². The summed E-state index contributed by atoms with van der Waals surface area (Å²) in [4.78, 5) is 22.8. The molecule has 3 unspecified atom stereocenters. The lowest BCUT2D eigenvalue weighted by Gasteiger charge is -2.24. The molecule has 2 amide bonds. The van der Waals surface area contributed by atoms with E-state index in [0.29, 0.717) is 6.42 Å². The molecular weight excluding hydrogens is 248 g/mol. The number of nitrogens with one attached hydrogen (secondary N) is 2. The Labute approximate surface area is 113 Å². The van der Waals surface area contributed by atoms with Crippen molar-refractivity contribution in [2.45, 2.75) is 51.7 Å².